The molecule has 1 N–H and O–H groups in total. The summed E-state index contributed by atoms with van der Waals surface area (Å²) in [5.74, 6) is -1.56. The fraction of sp³-hybridized carbons (Fsp3) is 0.333. The van der Waals surface area contributed by atoms with Crippen molar-refractivity contribution in [3.8, 4) is 5.75 Å². The Balaban J connectivity index is 2.16. The van der Waals surface area contributed by atoms with Gasteiger partial charge in [-0.25, -0.2) is 4.39 Å². The van der Waals surface area contributed by atoms with Gasteiger partial charge in [-0.1, -0.05) is 12.1 Å². The van der Waals surface area contributed by atoms with E-state index in [9.17, 15) is 19.1 Å². The SMILES string of the molecule is CCOc1cccc(C2/C(=C(/O)c3ccc(F)c(C)c3)C(=O)C(=O)N2CCN(C)C)c1. The molecule has 1 amide bonds. The first-order valence-corrected chi connectivity index (χ1v) is 10.2. The first-order chi connectivity index (χ1) is 14.7. The van der Waals surface area contributed by atoms with Crippen LogP contribution in [0.5, 0.6) is 5.75 Å². The summed E-state index contributed by atoms with van der Waals surface area (Å²) in [5.41, 5.74) is 1.27. The summed E-state index contributed by atoms with van der Waals surface area (Å²) >= 11 is 0. The number of ether oxygens (including phenoxy) is 1. The molecule has 1 atom stereocenters. The highest BCUT2D eigenvalue weighted by Gasteiger charge is 2.46. The molecule has 3 rings (SSSR count). The number of nitrogens with zero attached hydrogens (tertiary/aromatic N) is 2. The minimum absolute atomic E-state index is 0.0107. The molecular formula is C24H27FN2O4. The normalized spacial score (nSPS) is 18.1. The molecule has 0 aliphatic carbocycles. The second-order valence-electron chi connectivity index (χ2n) is 7.77. The predicted octanol–water partition coefficient (Wildman–Crippen LogP) is 3.52. The van der Waals surface area contributed by atoms with Gasteiger partial charge in [0, 0.05) is 18.7 Å². The average molecular weight is 426 g/mol. The van der Waals surface area contributed by atoms with Gasteiger partial charge in [0.25, 0.3) is 11.7 Å². The molecule has 0 aromatic heterocycles. The smallest absolute Gasteiger partial charge is 0.295 e. The number of hydrogen-bond acceptors (Lipinski definition) is 5. The van der Waals surface area contributed by atoms with Crippen LogP contribution in [0.15, 0.2) is 48.0 Å². The van der Waals surface area contributed by atoms with Crippen molar-refractivity contribution in [1.29, 1.82) is 0 Å². The van der Waals surface area contributed by atoms with Crippen LogP contribution in [0.4, 0.5) is 4.39 Å². The lowest BCUT2D eigenvalue weighted by molar-refractivity contribution is -0.140. The summed E-state index contributed by atoms with van der Waals surface area (Å²) in [6.07, 6.45) is 0. The third-order valence-corrected chi connectivity index (χ3v) is 5.24. The maximum Gasteiger partial charge on any atom is 0.295 e. The maximum absolute atomic E-state index is 13.7. The molecule has 0 saturated carbocycles. The Morgan fingerprint density at radius 3 is 2.58 bits per heavy atom. The van der Waals surface area contributed by atoms with Crippen molar-refractivity contribution >= 4 is 17.4 Å². The largest absolute Gasteiger partial charge is 0.507 e. The van der Waals surface area contributed by atoms with Gasteiger partial charge >= 0.3 is 0 Å². The lowest BCUT2D eigenvalue weighted by Gasteiger charge is -2.27. The minimum atomic E-state index is -0.772. The van der Waals surface area contributed by atoms with Gasteiger partial charge in [0.2, 0.25) is 0 Å². The van der Waals surface area contributed by atoms with Crippen molar-refractivity contribution in [1.82, 2.24) is 9.80 Å². The lowest BCUT2D eigenvalue weighted by Crippen LogP contribution is -2.35. The van der Waals surface area contributed by atoms with Crippen LogP contribution in [0, 0.1) is 12.7 Å². The topological polar surface area (TPSA) is 70.1 Å². The van der Waals surface area contributed by atoms with Crippen molar-refractivity contribution in [2.24, 2.45) is 0 Å². The van der Waals surface area contributed by atoms with Gasteiger partial charge in [0.1, 0.15) is 17.3 Å². The molecule has 0 radical (unpaired) electrons. The van der Waals surface area contributed by atoms with E-state index in [4.69, 9.17) is 4.74 Å². The van der Waals surface area contributed by atoms with E-state index in [-0.39, 0.29) is 16.9 Å². The third kappa shape index (κ3) is 4.61. The van der Waals surface area contributed by atoms with Crippen LogP contribution in [0.1, 0.15) is 29.7 Å². The van der Waals surface area contributed by atoms with Gasteiger partial charge in [0.05, 0.1) is 18.2 Å². The Kier molecular flexibility index (Phi) is 6.75. The number of carbonyl (C=O) groups excluding carboxylic acids is 2. The number of amides is 1. The number of likely N-dealkylation sites (tertiary alicyclic amines) is 1. The summed E-state index contributed by atoms with van der Waals surface area (Å²) in [5, 5.41) is 11.0. The van der Waals surface area contributed by atoms with Crippen molar-refractivity contribution in [3.05, 3.63) is 70.5 Å². The highest BCUT2D eigenvalue weighted by atomic mass is 19.1. The number of likely N-dealkylation sites (N-methyl/N-ethyl adjacent to an activating group) is 1. The second kappa shape index (κ2) is 9.31. The number of rotatable bonds is 7. The molecule has 1 heterocycles. The molecular weight excluding hydrogens is 399 g/mol. The molecule has 1 aliphatic heterocycles. The third-order valence-electron chi connectivity index (χ3n) is 5.24. The number of carbonyl (C=O) groups is 2. The van der Waals surface area contributed by atoms with Crippen molar-refractivity contribution in [2.45, 2.75) is 19.9 Å². The Hall–Kier alpha value is -3.19. The summed E-state index contributed by atoms with van der Waals surface area (Å²) in [6, 6.07) is 10.5. The van der Waals surface area contributed by atoms with E-state index in [0.29, 0.717) is 36.6 Å². The van der Waals surface area contributed by atoms with Crippen molar-refractivity contribution in [3.63, 3.8) is 0 Å². The highest BCUT2D eigenvalue weighted by Crippen LogP contribution is 2.40. The van der Waals surface area contributed by atoms with E-state index >= 15 is 0 Å². The van der Waals surface area contributed by atoms with Crippen molar-refractivity contribution < 1.29 is 23.8 Å². The van der Waals surface area contributed by atoms with E-state index in [0.717, 1.165) is 0 Å². The van der Waals surface area contributed by atoms with Gasteiger partial charge in [-0.05, 0) is 69.4 Å². The number of ketones is 1. The lowest BCUT2D eigenvalue weighted by atomic mass is 9.94. The molecule has 2 aromatic rings. The van der Waals surface area contributed by atoms with E-state index < -0.39 is 23.5 Å². The van der Waals surface area contributed by atoms with Crippen LogP contribution in [-0.4, -0.2) is 60.4 Å². The number of Topliss-reactive ketones (excluding diaryl/α,β-unsaturated/α-hetero) is 1. The van der Waals surface area contributed by atoms with Crippen LogP contribution in [0.2, 0.25) is 0 Å². The fourth-order valence-electron chi connectivity index (χ4n) is 3.65. The molecule has 1 unspecified atom stereocenters. The first kappa shape index (κ1) is 22.5. The Morgan fingerprint density at radius 1 is 1.19 bits per heavy atom. The summed E-state index contributed by atoms with van der Waals surface area (Å²) < 4.78 is 19.3. The summed E-state index contributed by atoms with van der Waals surface area (Å²) in [4.78, 5) is 29.3. The minimum Gasteiger partial charge on any atom is -0.507 e. The number of benzene rings is 2. The number of aliphatic hydroxyl groups excluding tert-OH is 1. The average Bonchev–Trinajstić information content (AvgIpc) is 2.99. The molecule has 7 heteroatoms. The maximum atomic E-state index is 13.7. The Labute approximate surface area is 181 Å². The van der Waals surface area contributed by atoms with Gasteiger partial charge in [-0.15, -0.1) is 0 Å². The molecule has 6 nitrogen and oxygen atoms in total. The molecule has 1 saturated heterocycles. The van der Waals surface area contributed by atoms with Crippen LogP contribution >= 0.6 is 0 Å². The molecule has 1 fully saturated rings. The van der Waals surface area contributed by atoms with E-state index in [2.05, 4.69) is 0 Å². The van der Waals surface area contributed by atoms with E-state index in [1.54, 1.807) is 31.2 Å². The number of aliphatic hydroxyl groups is 1. The molecule has 31 heavy (non-hydrogen) atoms. The fourth-order valence-corrected chi connectivity index (χ4v) is 3.65. The number of hydrogen-bond donors (Lipinski definition) is 1. The van der Waals surface area contributed by atoms with Crippen LogP contribution in [0.3, 0.4) is 0 Å². The van der Waals surface area contributed by atoms with E-state index in [1.807, 2.05) is 25.9 Å². The van der Waals surface area contributed by atoms with Gasteiger partial charge in [-0.3, -0.25) is 9.59 Å². The van der Waals surface area contributed by atoms with Crippen LogP contribution in [-0.2, 0) is 9.59 Å². The quantitative estimate of drug-likeness (QED) is 0.417. The van der Waals surface area contributed by atoms with Crippen LogP contribution < -0.4 is 4.74 Å². The zero-order chi connectivity index (χ0) is 22.7. The summed E-state index contributed by atoms with van der Waals surface area (Å²) in [6.45, 7) is 4.77. The summed E-state index contributed by atoms with van der Waals surface area (Å²) in [7, 11) is 3.76. The zero-order valence-electron chi connectivity index (χ0n) is 18.2. The molecule has 2 aromatic carbocycles. The molecule has 0 spiro atoms. The second-order valence-corrected chi connectivity index (χ2v) is 7.77. The Morgan fingerprint density at radius 2 is 1.94 bits per heavy atom. The predicted molar refractivity (Wildman–Crippen MR) is 116 cm³/mol. The first-order valence-electron chi connectivity index (χ1n) is 10.2. The van der Waals surface area contributed by atoms with Gasteiger partial charge in [0.15, 0.2) is 0 Å². The zero-order valence-corrected chi connectivity index (χ0v) is 18.2. The monoisotopic (exact) mass is 426 g/mol. The van der Waals surface area contributed by atoms with Gasteiger partial charge in [-0.2, -0.15) is 0 Å². The number of aryl methyl sites for hydroxylation is 1. The highest BCUT2D eigenvalue weighted by molar-refractivity contribution is 6.46. The molecule has 164 valence electrons. The number of halogens is 1. The molecule has 1 aliphatic rings. The van der Waals surface area contributed by atoms with Gasteiger partial charge < -0.3 is 19.6 Å². The van der Waals surface area contributed by atoms with Crippen LogP contribution in [0.25, 0.3) is 5.76 Å². The standard InChI is InChI=1S/C24H27FN2O4/c1-5-31-18-8-6-7-16(14-18)21-20(22(28)17-9-10-19(25)15(2)13-17)23(29)24(30)27(21)12-11-26(3)4/h6-10,13-14,21,28H,5,11-12H2,1-4H3/b22-20-. The molecule has 0 bridgehead atoms. The van der Waals surface area contributed by atoms with E-state index in [1.165, 1.54) is 23.1 Å². The Bertz CT molecular complexity index is 1030. The van der Waals surface area contributed by atoms with Crippen molar-refractivity contribution in [2.75, 3.05) is 33.8 Å².